The molecule has 98 valence electrons. The van der Waals surface area contributed by atoms with Gasteiger partial charge in [0.05, 0.1) is 12.2 Å². The number of ether oxygens (including phenoxy) is 2. The van der Waals surface area contributed by atoms with E-state index in [0.717, 1.165) is 6.29 Å². The summed E-state index contributed by atoms with van der Waals surface area (Å²) in [6.45, 7) is 2.43. The molecule has 0 radical (unpaired) electrons. The zero-order chi connectivity index (χ0) is 13.7. The highest BCUT2D eigenvalue weighted by molar-refractivity contribution is 6.30. The van der Waals surface area contributed by atoms with Crippen LogP contribution in [0.25, 0.3) is 0 Å². The van der Waals surface area contributed by atoms with Crippen molar-refractivity contribution >= 4 is 17.9 Å². The van der Waals surface area contributed by atoms with Crippen molar-refractivity contribution in [2.75, 3.05) is 6.61 Å². The van der Waals surface area contributed by atoms with E-state index in [4.69, 9.17) is 21.1 Å². The highest BCUT2D eigenvalue weighted by Gasteiger charge is 2.09. The fourth-order valence-electron chi connectivity index (χ4n) is 1.62. The van der Waals surface area contributed by atoms with Crippen molar-refractivity contribution in [2.45, 2.75) is 6.92 Å². The van der Waals surface area contributed by atoms with Gasteiger partial charge in [0, 0.05) is 11.1 Å². The Morgan fingerprint density at radius 1 is 1.11 bits per heavy atom. The lowest BCUT2D eigenvalue weighted by Gasteiger charge is -2.12. The maximum Gasteiger partial charge on any atom is 0.169 e. The van der Waals surface area contributed by atoms with Crippen molar-refractivity contribution in [3.63, 3.8) is 0 Å². The molecule has 0 bridgehead atoms. The van der Waals surface area contributed by atoms with Crippen molar-refractivity contribution in [1.82, 2.24) is 0 Å². The molecule has 2 rings (SSSR count). The minimum absolute atomic E-state index is 0.412. The van der Waals surface area contributed by atoms with Crippen LogP contribution in [0.15, 0.2) is 42.5 Å². The SMILES string of the molecule is CCOc1ccccc1Oc1cc(Cl)ccc1C=O. The lowest BCUT2D eigenvalue weighted by Crippen LogP contribution is -1.96. The van der Waals surface area contributed by atoms with Crippen molar-refractivity contribution in [1.29, 1.82) is 0 Å². The Bertz CT molecular complexity index is 581. The van der Waals surface area contributed by atoms with Gasteiger partial charge >= 0.3 is 0 Å². The van der Waals surface area contributed by atoms with Gasteiger partial charge < -0.3 is 9.47 Å². The summed E-state index contributed by atoms with van der Waals surface area (Å²) in [5.41, 5.74) is 0.440. The standard InChI is InChI=1S/C15H13ClO3/c1-2-18-13-5-3-4-6-14(13)19-15-9-12(16)8-7-11(15)10-17/h3-10H,2H2,1H3. The summed E-state index contributed by atoms with van der Waals surface area (Å²) in [5, 5.41) is 0.509. The maximum absolute atomic E-state index is 11.0. The summed E-state index contributed by atoms with van der Waals surface area (Å²) in [6.07, 6.45) is 0.731. The number of hydrogen-bond acceptors (Lipinski definition) is 3. The van der Waals surface area contributed by atoms with Crippen LogP contribution in [0.3, 0.4) is 0 Å². The monoisotopic (exact) mass is 276 g/mol. The number of halogens is 1. The maximum atomic E-state index is 11.0. The smallest absolute Gasteiger partial charge is 0.169 e. The molecule has 0 amide bonds. The Morgan fingerprint density at radius 2 is 1.84 bits per heavy atom. The average molecular weight is 277 g/mol. The third kappa shape index (κ3) is 3.26. The lowest BCUT2D eigenvalue weighted by atomic mass is 10.2. The molecule has 2 aromatic carbocycles. The first-order valence-electron chi connectivity index (χ1n) is 5.89. The van der Waals surface area contributed by atoms with Gasteiger partial charge in [0.25, 0.3) is 0 Å². The second kappa shape index (κ2) is 6.25. The molecule has 4 heteroatoms. The van der Waals surface area contributed by atoms with Crippen LogP contribution < -0.4 is 9.47 Å². The molecule has 2 aromatic rings. The minimum atomic E-state index is 0.412. The van der Waals surface area contributed by atoms with Gasteiger partial charge in [-0.3, -0.25) is 4.79 Å². The summed E-state index contributed by atoms with van der Waals surface area (Å²) in [7, 11) is 0. The van der Waals surface area contributed by atoms with Crippen molar-refractivity contribution in [3.05, 3.63) is 53.1 Å². The number of hydrogen-bond donors (Lipinski definition) is 0. The molecule has 0 unspecified atom stereocenters. The number of benzene rings is 2. The van der Waals surface area contributed by atoms with Gasteiger partial charge in [-0.05, 0) is 31.2 Å². The Morgan fingerprint density at radius 3 is 2.53 bits per heavy atom. The van der Waals surface area contributed by atoms with Crippen LogP contribution in [0.5, 0.6) is 17.2 Å². The van der Waals surface area contributed by atoms with E-state index in [1.165, 1.54) is 0 Å². The zero-order valence-electron chi connectivity index (χ0n) is 10.4. The molecule has 0 fully saturated rings. The fourth-order valence-corrected chi connectivity index (χ4v) is 1.78. The molecule has 0 saturated carbocycles. The Balaban J connectivity index is 2.35. The summed E-state index contributed by atoms with van der Waals surface area (Å²) >= 11 is 5.91. The minimum Gasteiger partial charge on any atom is -0.490 e. The molecule has 0 aliphatic heterocycles. The first kappa shape index (κ1) is 13.4. The average Bonchev–Trinajstić information content (AvgIpc) is 2.42. The van der Waals surface area contributed by atoms with Crippen molar-refractivity contribution < 1.29 is 14.3 Å². The van der Waals surface area contributed by atoms with Crippen molar-refractivity contribution in [3.8, 4) is 17.2 Å². The number of carbonyl (C=O) groups is 1. The van der Waals surface area contributed by atoms with Crippen LogP contribution in [-0.2, 0) is 0 Å². The summed E-state index contributed by atoms with van der Waals surface area (Å²) in [4.78, 5) is 11.0. The van der Waals surface area contributed by atoms with E-state index in [1.807, 2.05) is 25.1 Å². The molecule has 0 aromatic heterocycles. The molecule has 3 nitrogen and oxygen atoms in total. The topological polar surface area (TPSA) is 35.5 Å². The van der Waals surface area contributed by atoms with Gasteiger partial charge in [-0.25, -0.2) is 0 Å². The molecule has 0 aliphatic carbocycles. The second-order valence-corrected chi connectivity index (χ2v) is 4.22. The van der Waals surface area contributed by atoms with Gasteiger partial charge in [0.15, 0.2) is 17.8 Å². The van der Waals surface area contributed by atoms with Gasteiger partial charge in [0.2, 0.25) is 0 Å². The van der Waals surface area contributed by atoms with E-state index >= 15 is 0 Å². The molecular formula is C15H13ClO3. The molecule has 19 heavy (non-hydrogen) atoms. The molecule has 0 atom stereocenters. The van der Waals surface area contributed by atoms with E-state index < -0.39 is 0 Å². The highest BCUT2D eigenvalue weighted by atomic mass is 35.5. The van der Waals surface area contributed by atoms with E-state index in [1.54, 1.807) is 24.3 Å². The second-order valence-electron chi connectivity index (χ2n) is 3.78. The van der Waals surface area contributed by atoms with Crippen LogP contribution in [0.1, 0.15) is 17.3 Å². The third-order valence-corrected chi connectivity index (χ3v) is 2.71. The largest absolute Gasteiger partial charge is 0.490 e. The van der Waals surface area contributed by atoms with Crippen molar-refractivity contribution in [2.24, 2.45) is 0 Å². The Hall–Kier alpha value is -2.00. The van der Waals surface area contributed by atoms with E-state index in [0.29, 0.717) is 34.4 Å². The molecule has 0 spiro atoms. The third-order valence-electron chi connectivity index (χ3n) is 2.47. The predicted octanol–water partition coefficient (Wildman–Crippen LogP) is 4.34. The summed E-state index contributed by atoms with van der Waals surface area (Å²) < 4.78 is 11.2. The summed E-state index contributed by atoms with van der Waals surface area (Å²) in [6, 6.07) is 12.2. The number of aldehydes is 1. The number of para-hydroxylation sites is 2. The number of carbonyl (C=O) groups excluding carboxylic acids is 1. The van der Waals surface area contributed by atoms with Crippen LogP contribution in [0, 0.1) is 0 Å². The number of rotatable bonds is 5. The van der Waals surface area contributed by atoms with Crippen LogP contribution in [0.2, 0.25) is 5.02 Å². The Labute approximate surface area is 116 Å². The zero-order valence-corrected chi connectivity index (χ0v) is 11.2. The highest BCUT2D eigenvalue weighted by Crippen LogP contribution is 2.33. The first-order valence-corrected chi connectivity index (χ1v) is 6.26. The molecule has 0 heterocycles. The van der Waals surface area contributed by atoms with Crippen LogP contribution >= 0.6 is 11.6 Å². The van der Waals surface area contributed by atoms with E-state index in [2.05, 4.69) is 0 Å². The van der Waals surface area contributed by atoms with Gasteiger partial charge in [-0.1, -0.05) is 23.7 Å². The Kier molecular flexibility index (Phi) is 4.42. The quantitative estimate of drug-likeness (QED) is 0.762. The van der Waals surface area contributed by atoms with Gasteiger partial charge in [-0.2, -0.15) is 0 Å². The normalized spacial score (nSPS) is 10.0. The summed E-state index contributed by atoms with van der Waals surface area (Å²) in [5.74, 6) is 1.59. The van der Waals surface area contributed by atoms with Crippen LogP contribution in [0.4, 0.5) is 0 Å². The molecule has 0 aliphatic rings. The van der Waals surface area contributed by atoms with E-state index in [9.17, 15) is 4.79 Å². The molecule has 0 saturated heterocycles. The predicted molar refractivity (Wildman–Crippen MR) is 74.5 cm³/mol. The first-order chi connectivity index (χ1) is 9.24. The fraction of sp³-hybridized carbons (Fsp3) is 0.133. The molecular weight excluding hydrogens is 264 g/mol. The van der Waals surface area contributed by atoms with Crippen LogP contribution in [-0.4, -0.2) is 12.9 Å². The van der Waals surface area contributed by atoms with Gasteiger partial charge in [-0.15, -0.1) is 0 Å². The molecule has 0 N–H and O–H groups in total. The lowest BCUT2D eigenvalue weighted by molar-refractivity contribution is 0.112. The van der Waals surface area contributed by atoms with E-state index in [-0.39, 0.29) is 0 Å². The van der Waals surface area contributed by atoms with Gasteiger partial charge in [0.1, 0.15) is 5.75 Å².